The largest absolute Gasteiger partial charge is 0.382 e. The maximum absolute atomic E-state index is 5.23. The van der Waals surface area contributed by atoms with Crippen LogP contribution in [0.2, 0.25) is 0 Å². The SMILES string of the molecule is CCOCCCNCc1ccccn1.Cl. The first-order valence-electron chi connectivity index (χ1n) is 5.12. The summed E-state index contributed by atoms with van der Waals surface area (Å²) in [5.74, 6) is 0. The normalized spacial score (nSPS) is 9.67. The van der Waals surface area contributed by atoms with E-state index < -0.39 is 0 Å². The van der Waals surface area contributed by atoms with Crippen molar-refractivity contribution in [2.24, 2.45) is 0 Å². The molecule has 86 valence electrons. The molecule has 3 nitrogen and oxygen atoms in total. The van der Waals surface area contributed by atoms with Gasteiger partial charge in [-0.25, -0.2) is 0 Å². The minimum absolute atomic E-state index is 0. The lowest BCUT2D eigenvalue weighted by Gasteiger charge is -2.03. The van der Waals surface area contributed by atoms with Gasteiger partial charge in [0.05, 0.1) is 5.69 Å². The molecule has 15 heavy (non-hydrogen) atoms. The van der Waals surface area contributed by atoms with Crippen molar-refractivity contribution in [1.29, 1.82) is 0 Å². The lowest BCUT2D eigenvalue weighted by molar-refractivity contribution is 0.144. The third-order valence-electron chi connectivity index (χ3n) is 1.88. The Bertz CT molecular complexity index is 231. The fourth-order valence-corrected chi connectivity index (χ4v) is 1.16. The van der Waals surface area contributed by atoms with Crippen LogP contribution in [0.25, 0.3) is 0 Å². The Hall–Kier alpha value is -0.640. The van der Waals surface area contributed by atoms with Gasteiger partial charge in [0.25, 0.3) is 0 Å². The number of halogens is 1. The Kier molecular flexibility index (Phi) is 9.48. The van der Waals surface area contributed by atoms with E-state index in [2.05, 4.69) is 10.3 Å². The van der Waals surface area contributed by atoms with E-state index >= 15 is 0 Å². The van der Waals surface area contributed by atoms with E-state index in [0.717, 1.165) is 38.4 Å². The highest BCUT2D eigenvalue weighted by molar-refractivity contribution is 5.85. The summed E-state index contributed by atoms with van der Waals surface area (Å²) in [6, 6.07) is 5.96. The van der Waals surface area contributed by atoms with Gasteiger partial charge in [-0.1, -0.05) is 6.07 Å². The molecule has 0 aromatic carbocycles. The van der Waals surface area contributed by atoms with Gasteiger partial charge in [-0.2, -0.15) is 0 Å². The number of nitrogens with one attached hydrogen (secondary N) is 1. The van der Waals surface area contributed by atoms with Gasteiger partial charge in [0.1, 0.15) is 0 Å². The van der Waals surface area contributed by atoms with E-state index in [1.54, 1.807) is 0 Å². The van der Waals surface area contributed by atoms with Crippen LogP contribution in [-0.4, -0.2) is 24.7 Å². The molecule has 0 fully saturated rings. The summed E-state index contributed by atoms with van der Waals surface area (Å²) in [7, 11) is 0. The van der Waals surface area contributed by atoms with E-state index in [9.17, 15) is 0 Å². The molecule has 4 heteroatoms. The van der Waals surface area contributed by atoms with Crippen LogP contribution in [-0.2, 0) is 11.3 Å². The zero-order chi connectivity index (χ0) is 10.1. The smallest absolute Gasteiger partial charge is 0.0541 e. The van der Waals surface area contributed by atoms with E-state index in [4.69, 9.17) is 4.74 Å². The molecular formula is C11H19ClN2O. The van der Waals surface area contributed by atoms with Crippen molar-refractivity contribution >= 4 is 12.4 Å². The topological polar surface area (TPSA) is 34.1 Å². The summed E-state index contributed by atoms with van der Waals surface area (Å²) >= 11 is 0. The van der Waals surface area contributed by atoms with Crippen LogP contribution in [0.4, 0.5) is 0 Å². The van der Waals surface area contributed by atoms with Gasteiger partial charge in [-0.15, -0.1) is 12.4 Å². The molecule has 0 unspecified atom stereocenters. The number of nitrogens with zero attached hydrogens (tertiary/aromatic N) is 1. The molecule has 1 N–H and O–H groups in total. The van der Waals surface area contributed by atoms with Crippen molar-refractivity contribution in [3.8, 4) is 0 Å². The predicted octanol–water partition coefficient (Wildman–Crippen LogP) is 2.02. The van der Waals surface area contributed by atoms with Crippen molar-refractivity contribution in [2.45, 2.75) is 19.9 Å². The second-order valence-corrected chi connectivity index (χ2v) is 3.05. The van der Waals surface area contributed by atoms with Gasteiger partial charge < -0.3 is 10.1 Å². The van der Waals surface area contributed by atoms with Crippen LogP contribution >= 0.6 is 12.4 Å². The fraction of sp³-hybridized carbons (Fsp3) is 0.545. The first-order valence-corrected chi connectivity index (χ1v) is 5.12. The van der Waals surface area contributed by atoms with Crippen LogP contribution in [0, 0.1) is 0 Å². The maximum atomic E-state index is 5.23. The summed E-state index contributed by atoms with van der Waals surface area (Å²) < 4.78 is 5.23. The van der Waals surface area contributed by atoms with Crippen LogP contribution in [0.5, 0.6) is 0 Å². The number of ether oxygens (including phenoxy) is 1. The molecule has 1 heterocycles. The van der Waals surface area contributed by atoms with Crippen LogP contribution in [0.3, 0.4) is 0 Å². The third-order valence-corrected chi connectivity index (χ3v) is 1.88. The molecule has 0 atom stereocenters. The van der Waals surface area contributed by atoms with Gasteiger partial charge in [-0.05, 0) is 32.0 Å². The number of hydrogen-bond acceptors (Lipinski definition) is 3. The highest BCUT2D eigenvalue weighted by atomic mass is 35.5. The Labute approximate surface area is 97.7 Å². The van der Waals surface area contributed by atoms with E-state index in [0.29, 0.717) is 0 Å². The molecule has 1 rings (SSSR count). The number of rotatable bonds is 7. The minimum atomic E-state index is 0. The van der Waals surface area contributed by atoms with Crippen LogP contribution < -0.4 is 5.32 Å². The third kappa shape index (κ3) is 7.31. The van der Waals surface area contributed by atoms with E-state index in [-0.39, 0.29) is 12.4 Å². The van der Waals surface area contributed by atoms with E-state index in [1.165, 1.54) is 0 Å². The van der Waals surface area contributed by atoms with Gasteiger partial charge >= 0.3 is 0 Å². The standard InChI is InChI=1S/C11H18N2O.ClH/c1-2-14-9-5-7-12-10-11-6-3-4-8-13-11;/h3-4,6,8,12H,2,5,7,9-10H2,1H3;1H. The van der Waals surface area contributed by atoms with Crippen LogP contribution in [0.15, 0.2) is 24.4 Å². The van der Waals surface area contributed by atoms with Gasteiger partial charge in [0.2, 0.25) is 0 Å². The Morgan fingerprint density at radius 1 is 1.40 bits per heavy atom. The zero-order valence-electron chi connectivity index (χ0n) is 9.11. The lowest BCUT2D eigenvalue weighted by Crippen LogP contribution is -2.16. The molecule has 0 radical (unpaired) electrons. The molecule has 0 spiro atoms. The molecular weight excluding hydrogens is 212 g/mol. The summed E-state index contributed by atoms with van der Waals surface area (Å²) in [4.78, 5) is 4.22. The number of aromatic nitrogens is 1. The quantitative estimate of drug-likeness (QED) is 0.728. The first kappa shape index (κ1) is 14.4. The fourth-order valence-electron chi connectivity index (χ4n) is 1.16. The summed E-state index contributed by atoms with van der Waals surface area (Å²) in [5.41, 5.74) is 1.09. The monoisotopic (exact) mass is 230 g/mol. The molecule has 1 aromatic rings. The molecule has 0 aliphatic heterocycles. The molecule has 0 saturated carbocycles. The second kappa shape index (κ2) is 9.90. The molecule has 0 saturated heterocycles. The molecule has 0 aliphatic rings. The maximum Gasteiger partial charge on any atom is 0.0541 e. The Morgan fingerprint density at radius 2 is 2.27 bits per heavy atom. The second-order valence-electron chi connectivity index (χ2n) is 3.05. The van der Waals surface area contributed by atoms with Crippen LogP contribution in [0.1, 0.15) is 19.0 Å². The molecule has 1 aromatic heterocycles. The molecule has 0 bridgehead atoms. The lowest BCUT2D eigenvalue weighted by atomic mass is 10.3. The zero-order valence-corrected chi connectivity index (χ0v) is 9.93. The highest BCUT2D eigenvalue weighted by Gasteiger charge is 1.91. The van der Waals surface area contributed by atoms with Gasteiger partial charge in [0.15, 0.2) is 0 Å². The minimum Gasteiger partial charge on any atom is -0.382 e. The molecule has 0 aliphatic carbocycles. The Balaban J connectivity index is 0.00000196. The van der Waals surface area contributed by atoms with Crippen molar-refractivity contribution in [3.05, 3.63) is 30.1 Å². The average molecular weight is 231 g/mol. The van der Waals surface area contributed by atoms with Crippen molar-refractivity contribution < 1.29 is 4.74 Å². The van der Waals surface area contributed by atoms with Crippen molar-refractivity contribution in [1.82, 2.24) is 10.3 Å². The van der Waals surface area contributed by atoms with Crippen molar-refractivity contribution in [3.63, 3.8) is 0 Å². The van der Waals surface area contributed by atoms with Gasteiger partial charge in [-0.3, -0.25) is 4.98 Å². The number of hydrogen-bond donors (Lipinski definition) is 1. The first-order chi connectivity index (χ1) is 6.93. The number of pyridine rings is 1. The van der Waals surface area contributed by atoms with Gasteiger partial charge in [0, 0.05) is 26.0 Å². The predicted molar refractivity (Wildman–Crippen MR) is 64.3 cm³/mol. The highest BCUT2D eigenvalue weighted by Crippen LogP contribution is 1.91. The molecule has 0 amide bonds. The summed E-state index contributed by atoms with van der Waals surface area (Å²) in [6.45, 7) is 5.48. The average Bonchev–Trinajstić information content (AvgIpc) is 2.25. The Morgan fingerprint density at radius 3 is 2.93 bits per heavy atom. The summed E-state index contributed by atoms with van der Waals surface area (Å²) in [5, 5.41) is 3.32. The van der Waals surface area contributed by atoms with Crippen molar-refractivity contribution in [2.75, 3.05) is 19.8 Å². The van der Waals surface area contributed by atoms with E-state index in [1.807, 2.05) is 31.3 Å². The summed E-state index contributed by atoms with van der Waals surface area (Å²) in [6.07, 6.45) is 2.87.